The van der Waals surface area contributed by atoms with E-state index in [1.54, 1.807) is 7.05 Å². The van der Waals surface area contributed by atoms with E-state index in [1.807, 2.05) is 20.8 Å². The van der Waals surface area contributed by atoms with Gasteiger partial charge in [0.15, 0.2) is 0 Å². The Hall–Kier alpha value is -1.14. The van der Waals surface area contributed by atoms with Crippen LogP contribution in [-0.4, -0.2) is 55.5 Å². The van der Waals surface area contributed by atoms with Gasteiger partial charge in [0.25, 0.3) is 0 Å². The largest absolute Gasteiger partial charge is 0.358 e. The molecule has 1 fully saturated rings. The molecule has 4 N–H and O–H groups in total. The van der Waals surface area contributed by atoms with Gasteiger partial charge < -0.3 is 16.4 Å². The maximum atomic E-state index is 12.0. The van der Waals surface area contributed by atoms with Gasteiger partial charge in [0, 0.05) is 38.6 Å². The van der Waals surface area contributed by atoms with Crippen molar-refractivity contribution in [3.05, 3.63) is 0 Å². The highest BCUT2D eigenvalue weighted by Gasteiger charge is 2.26. The second kappa shape index (κ2) is 7.75. The molecule has 0 radical (unpaired) electrons. The molecule has 1 atom stereocenters. The third kappa shape index (κ3) is 6.44. The zero-order valence-corrected chi connectivity index (χ0v) is 13.7. The first-order valence-electron chi connectivity index (χ1n) is 7.70. The van der Waals surface area contributed by atoms with Crippen LogP contribution in [-0.2, 0) is 9.59 Å². The quantitative estimate of drug-likeness (QED) is 0.670. The minimum atomic E-state index is -0.133. The first-order valence-corrected chi connectivity index (χ1v) is 7.70. The maximum absolute atomic E-state index is 12.0. The summed E-state index contributed by atoms with van der Waals surface area (Å²) < 4.78 is 0. The number of rotatable bonds is 5. The molecule has 0 aromatic rings. The van der Waals surface area contributed by atoms with Crippen LogP contribution >= 0.6 is 0 Å². The van der Waals surface area contributed by atoms with Crippen LogP contribution in [0.5, 0.6) is 0 Å². The fraction of sp³-hybridized carbons (Fsp3) is 0.867. The molecule has 1 unspecified atom stereocenters. The summed E-state index contributed by atoms with van der Waals surface area (Å²) in [5.41, 5.74) is 5.97. The number of amides is 2. The minimum Gasteiger partial charge on any atom is -0.358 e. The van der Waals surface area contributed by atoms with Crippen molar-refractivity contribution >= 4 is 11.8 Å². The molecule has 0 bridgehead atoms. The molecule has 1 aliphatic heterocycles. The molecule has 6 nitrogen and oxygen atoms in total. The molecule has 1 rings (SSSR count). The van der Waals surface area contributed by atoms with Crippen LogP contribution in [0.3, 0.4) is 0 Å². The van der Waals surface area contributed by atoms with Gasteiger partial charge in [0.2, 0.25) is 11.8 Å². The molecule has 0 aliphatic carbocycles. The highest BCUT2D eigenvalue weighted by Crippen LogP contribution is 2.20. The van der Waals surface area contributed by atoms with Crippen molar-refractivity contribution in [1.29, 1.82) is 0 Å². The van der Waals surface area contributed by atoms with Gasteiger partial charge in [-0.3, -0.25) is 14.5 Å². The summed E-state index contributed by atoms with van der Waals surface area (Å²) in [5.74, 6) is 0.0656. The number of nitrogens with two attached hydrogens (primary N) is 1. The minimum absolute atomic E-state index is 0.0298. The van der Waals surface area contributed by atoms with Crippen molar-refractivity contribution in [3.63, 3.8) is 0 Å². The van der Waals surface area contributed by atoms with Gasteiger partial charge >= 0.3 is 0 Å². The number of nitrogens with one attached hydrogen (secondary N) is 2. The second-order valence-electron chi connectivity index (χ2n) is 6.97. The second-order valence-corrected chi connectivity index (χ2v) is 6.97. The fourth-order valence-corrected chi connectivity index (χ4v) is 2.31. The Bertz CT molecular complexity index is 357. The van der Waals surface area contributed by atoms with E-state index in [-0.39, 0.29) is 29.3 Å². The number of carbonyl (C=O) groups excluding carboxylic acids is 2. The number of likely N-dealkylation sites (N-methyl/N-ethyl adjacent to an activating group) is 1. The lowest BCUT2D eigenvalue weighted by Crippen LogP contribution is -2.48. The predicted molar refractivity (Wildman–Crippen MR) is 83.7 cm³/mol. The SMILES string of the molecule is CNC(=O)CN1CCC(NC(=O)CC(N)C(C)(C)C)CC1. The third-order valence-electron chi connectivity index (χ3n) is 4.12. The van der Waals surface area contributed by atoms with Crippen molar-refractivity contribution in [2.75, 3.05) is 26.7 Å². The fourth-order valence-electron chi connectivity index (χ4n) is 2.31. The average molecular weight is 298 g/mol. The molecule has 122 valence electrons. The summed E-state index contributed by atoms with van der Waals surface area (Å²) in [6.45, 7) is 8.24. The smallest absolute Gasteiger partial charge is 0.233 e. The average Bonchev–Trinajstić information content (AvgIpc) is 2.39. The van der Waals surface area contributed by atoms with E-state index in [1.165, 1.54) is 0 Å². The van der Waals surface area contributed by atoms with Crippen LogP contribution in [0.2, 0.25) is 0 Å². The number of hydrogen-bond acceptors (Lipinski definition) is 4. The normalized spacial score (nSPS) is 19.1. The molecule has 6 heteroatoms. The molecule has 1 heterocycles. The van der Waals surface area contributed by atoms with E-state index >= 15 is 0 Å². The molecule has 0 spiro atoms. The Morgan fingerprint density at radius 1 is 1.24 bits per heavy atom. The number of nitrogens with zero attached hydrogens (tertiary/aromatic N) is 1. The molecular formula is C15H30N4O2. The standard InChI is InChI=1S/C15H30N4O2/c1-15(2,3)12(16)9-13(20)18-11-5-7-19(8-6-11)10-14(21)17-4/h11-12H,5-10,16H2,1-4H3,(H,17,21)(H,18,20). The number of piperidine rings is 1. The van der Waals surface area contributed by atoms with Crippen LogP contribution in [0.1, 0.15) is 40.0 Å². The number of likely N-dealkylation sites (tertiary alicyclic amines) is 1. The van der Waals surface area contributed by atoms with E-state index in [0.29, 0.717) is 13.0 Å². The van der Waals surface area contributed by atoms with Gasteiger partial charge in [-0.1, -0.05) is 20.8 Å². The zero-order valence-electron chi connectivity index (χ0n) is 13.7. The van der Waals surface area contributed by atoms with Crippen LogP contribution in [0.4, 0.5) is 0 Å². The van der Waals surface area contributed by atoms with Crippen molar-refractivity contribution in [2.24, 2.45) is 11.1 Å². The summed E-state index contributed by atoms with van der Waals surface area (Å²) in [6, 6.07) is 0.0662. The lowest BCUT2D eigenvalue weighted by Gasteiger charge is -2.32. The van der Waals surface area contributed by atoms with Gasteiger partial charge in [-0.2, -0.15) is 0 Å². The summed E-state index contributed by atoms with van der Waals surface area (Å²) in [7, 11) is 1.65. The van der Waals surface area contributed by atoms with Crippen molar-refractivity contribution in [3.8, 4) is 0 Å². The highest BCUT2D eigenvalue weighted by molar-refractivity contribution is 5.78. The summed E-state index contributed by atoms with van der Waals surface area (Å²) >= 11 is 0. The maximum Gasteiger partial charge on any atom is 0.233 e. The first kappa shape index (κ1) is 17.9. The topological polar surface area (TPSA) is 87.5 Å². The Morgan fingerprint density at radius 3 is 2.29 bits per heavy atom. The van der Waals surface area contributed by atoms with Gasteiger partial charge in [-0.15, -0.1) is 0 Å². The van der Waals surface area contributed by atoms with Crippen LogP contribution in [0, 0.1) is 5.41 Å². The third-order valence-corrected chi connectivity index (χ3v) is 4.12. The van der Waals surface area contributed by atoms with E-state index < -0.39 is 0 Å². The van der Waals surface area contributed by atoms with Gasteiger partial charge in [-0.05, 0) is 18.3 Å². The molecule has 2 amide bonds. The van der Waals surface area contributed by atoms with Gasteiger partial charge in [0.1, 0.15) is 0 Å². The molecular weight excluding hydrogens is 268 g/mol. The summed E-state index contributed by atoms with van der Waals surface area (Å²) in [5, 5.41) is 5.69. The van der Waals surface area contributed by atoms with Crippen LogP contribution < -0.4 is 16.4 Å². The summed E-state index contributed by atoms with van der Waals surface area (Å²) in [6.07, 6.45) is 2.13. The van der Waals surface area contributed by atoms with Crippen LogP contribution in [0.15, 0.2) is 0 Å². The molecule has 0 aromatic carbocycles. The Kier molecular flexibility index (Phi) is 6.61. The summed E-state index contributed by atoms with van der Waals surface area (Å²) in [4.78, 5) is 25.4. The molecule has 1 aliphatic rings. The first-order chi connectivity index (χ1) is 9.72. The van der Waals surface area contributed by atoms with E-state index in [2.05, 4.69) is 15.5 Å². The Morgan fingerprint density at radius 2 is 1.81 bits per heavy atom. The zero-order chi connectivity index (χ0) is 16.0. The van der Waals surface area contributed by atoms with Gasteiger partial charge in [-0.25, -0.2) is 0 Å². The van der Waals surface area contributed by atoms with Crippen molar-refractivity contribution in [2.45, 2.75) is 52.1 Å². The lowest BCUT2D eigenvalue weighted by molar-refractivity contribution is -0.124. The van der Waals surface area contributed by atoms with E-state index in [9.17, 15) is 9.59 Å². The van der Waals surface area contributed by atoms with Crippen molar-refractivity contribution in [1.82, 2.24) is 15.5 Å². The van der Waals surface area contributed by atoms with E-state index in [4.69, 9.17) is 5.73 Å². The monoisotopic (exact) mass is 298 g/mol. The van der Waals surface area contributed by atoms with E-state index in [0.717, 1.165) is 25.9 Å². The van der Waals surface area contributed by atoms with Gasteiger partial charge in [0.05, 0.1) is 6.54 Å². The van der Waals surface area contributed by atoms with Crippen LogP contribution in [0.25, 0.3) is 0 Å². The molecule has 1 saturated heterocycles. The molecule has 0 aromatic heterocycles. The number of hydrogen-bond donors (Lipinski definition) is 3. The highest BCUT2D eigenvalue weighted by atomic mass is 16.2. The lowest BCUT2D eigenvalue weighted by atomic mass is 9.85. The Balaban J connectivity index is 2.29. The molecule has 0 saturated carbocycles. The predicted octanol–water partition coefficient (Wildman–Crippen LogP) is 0.0765. The van der Waals surface area contributed by atoms with Crippen molar-refractivity contribution < 1.29 is 9.59 Å². The molecule has 21 heavy (non-hydrogen) atoms. The number of carbonyl (C=O) groups is 2. The Labute approximate surface area is 127 Å².